The Morgan fingerprint density at radius 3 is 1.11 bits per heavy atom. The van der Waals surface area contributed by atoms with E-state index < -0.39 is 65.9 Å². The number of hydrogen-bond donors (Lipinski definition) is 0. The molecule has 0 bridgehead atoms. The molecule has 0 N–H and O–H groups in total. The third-order valence-electron chi connectivity index (χ3n) is 24.6. The van der Waals surface area contributed by atoms with Gasteiger partial charge in [-0.25, -0.2) is 0 Å². The molecule has 23 rings (SSSR count). The quantitative estimate of drug-likeness (QED) is 0.100. The molecule has 2 aliphatic rings. The van der Waals surface area contributed by atoms with Crippen LogP contribution in [-0.2, 0) is 10.8 Å². The van der Waals surface area contributed by atoms with E-state index in [4.69, 9.17) is 0 Å². The molecule has 0 saturated heterocycles. The third-order valence-corrected chi connectivity index (χ3v) is 24.6. The van der Waals surface area contributed by atoms with Crippen molar-refractivity contribution < 1.29 is 19.2 Å². The van der Waals surface area contributed by atoms with Crippen LogP contribution in [0.4, 0.5) is 34.1 Å². The van der Waals surface area contributed by atoms with Crippen molar-refractivity contribution in [2.45, 2.75) is 52.4 Å². The summed E-state index contributed by atoms with van der Waals surface area (Å²) in [5.41, 5.74) is 17.3. The largest absolute Gasteiger partial charge is 0.310 e. The lowest BCUT2D eigenvalue weighted by Crippen LogP contribution is -2.61. The van der Waals surface area contributed by atoms with Crippen molar-refractivity contribution in [3.05, 3.63) is 405 Å². The van der Waals surface area contributed by atoms with E-state index in [2.05, 4.69) is 276 Å². The van der Waals surface area contributed by atoms with Gasteiger partial charge in [0, 0.05) is 77.9 Å². The summed E-state index contributed by atoms with van der Waals surface area (Å²) in [7, 11) is 0. The number of benzene rings is 19. The minimum atomic E-state index is -0.775. The van der Waals surface area contributed by atoms with Gasteiger partial charge in [0.1, 0.15) is 0 Å². The summed E-state index contributed by atoms with van der Waals surface area (Å²) >= 11 is 0. The minimum absolute atomic E-state index is 0.00253. The second kappa shape index (κ2) is 27.0. The van der Waals surface area contributed by atoms with Crippen LogP contribution in [0, 0.1) is 0 Å². The summed E-state index contributed by atoms with van der Waals surface area (Å²) in [6.07, 6.45) is 0. The zero-order valence-corrected chi connectivity index (χ0v) is 66.3. The predicted octanol–water partition coefficient (Wildman–Crippen LogP) is 29.2. The number of nitrogens with zero attached hydrogens (tertiary/aromatic N) is 4. The van der Waals surface area contributed by atoms with Gasteiger partial charge in [-0.05, 0) is 211 Å². The van der Waals surface area contributed by atoms with E-state index in [0.29, 0.717) is 33.9 Å². The Morgan fingerprint density at radius 2 is 0.630 bits per heavy atom. The number of fused-ring (bicyclic) bond motifs is 16. The van der Waals surface area contributed by atoms with E-state index in [-0.39, 0.29) is 91.0 Å². The van der Waals surface area contributed by atoms with Crippen molar-refractivity contribution in [2.75, 3.05) is 9.80 Å². The first-order chi connectivity index (χ1) is 64.2. The molecular weight excluding hydrogens is 1440 g/mol. The van der Waals surface area contributed by atoms with Gasteiger partial charge in [-0.2, -0.15) is 0 Å². The number of hydrogen-bond acceptors (Lipinski definition) is 2. The second-order valence-electron chi connectivity index (χ2n) is 33.6. The highest BCUT2D eigenvalue weighted by molar-refractivity contribution is 7.00. The van der Waals surface area contributed by atoms with Crippen LogP contribution < -0.4 is 26.2 Å². The standard InChI is InChI=1S/C114H83BN4/c1-113(2,3)80-66-96(75-38-17-10-18-39-75)112(99(67-80)98-63-79-41-20-22-43-85(79)88-45-24-26-47-90(88)98)119-107-71-83(117-103-53-30-28-49-92(103)94-59-55-77(65-105(94)117)73-34-13-8-14-35-73)57-61-101(107)115-100-60-56-82(116-102-52-29-27-48-91(102)93-58-54-76(64-104(93)116)72-32-11-7-12-33-72)70-106(100)118(108-68-81(114(4,5)6)69-109(119)110(108)115)111-86(74-36-15-9-16-37-74)50-31-51-95(111)97-62-78-40-19-21-42-84(78)87-44-23-25-46-89(87)97/h7-71H,1-6H3/i27D,28D,29D,30D,48D,49D,52D,53D,54D,55D,58D,59D,64D,65D. The van der Waals surface area contributed by atoms with Crippen molar-refractivity contribution in [1.82, 2.24) is 9.13 Å². The molecule has 4 heterocycles. The van der Waals surface area contributed by atoms with Crippen LogP contribution in [0.15, 0.2) is 394 Å². The summed E-state index contributed by atoms with van der Waals surface area (Å²) in [6, 6.07) is 101. The Balaban J connectivity index is 0.940. The van der Waals surface area contributed by atoms with Gasteiger partial charge in [-0.3, -0.25) is 0 Å². The molecule has 119 heavy (non-hydrogen) atoms. The van der Waals surface area contributed by atoms with Crippen LogP contribution >= 0.6 is 0 Å². The second-order valence-corrected chi connectivity index (χ2v) is 33.6. The van der Waals surface area contributed by atoms with Gasteiger partial charge >= 0.3 is 0 Å². The molecule has 19 aromatic carbocycles. The van der Waals surface area contributed by atoms with Gasteiger partial charge in [0.2, 0.25) is 0 Å². The zero-order valence-electron chi connectivity index (χ0n) is 80.3. The van der Waals surface area contributed by atoms with Crippen LogP contribution in [0.3, 0.4) is 0 Å². The smallest absolute Gasteiger partial charge is 0.252 e. The van der Waals surface area contributed by atoms with Crippen molar-refractivity contribution in [3.8, 4) is 78.1 Å². The fourth-order valence-electron chi connectivity index (χ4n) is 19.0. The Kier molecular flexibility index (Phi) is 12.9. The summed E-state index contributed by atoms with van der Waals surface area (Å²) in [6.45, 7) is 12.7. The zero-order chi connectivity index (χ0) is 91.7. The lowest BCUT2D eigenvalue weighted by atomic mass is 9.33. The molecule has 0 saturated carbocycles. The maximum Gasteiger partial charge on any atom is 0.252 e. The van der Waals surface area contributed by atoms with E-state index in [1.807, 2.05) is 60.7 Å². The van der Waals surface area contributed by atoms with Gasteiger partial charge in [0.25, 0.3) is 6.71 Å². The lowest BCUT2D eigenvalue weighted by Gasteiger charge is -2.46. The van der Waals surface area contributed by atoms with E-state index in [9.17, 15) is 19.2 Å². The van der Waals surface area contributed by atoms with Crippen molar-refractivity contribution in [1.29, 1.82) is 0 Å². The van der Waals surface area contributed by atoms with Crippen LogP contribution in [0.25, 0.3) is 165 Å². The Morgan fingerprint density at radius 1 is 0.252 bits per heavy atom. The number of rotatable bonds is 10. The Bertz CT molecular complexity index is 8660. The molecule has 0 radical (unpaired) electrons. The number of aromatic nitrogens is 2. The molecule has 2 aromatic heterocycles. The predicted molar refractivity (Wildman–Crippen MR) is 509 cm³/mol. The fourth-order valence-corrected chi connectivity index (χ4v) is 19.0. The molecule has 5 heteroatoms. The summed E-state index contributed by atoms with van der Waals surface area (Å²) < 4.78 is 143. The van der Waals surface area contributed by atoms with E-state index in [1.165, 1.54) is 0 Å². The van der Waals surface area contributed by atoms with Crippen molar-refractivity contribution in [3.63, 3.8) is 0 Å². The average Bonchev–Trinajstić information content (AvgIpc) is 1.67. The number of anilines is 6. The molecule has 0 atom stereocenters. The average molecular weight is 1530 g/mol. The highest BCUT2D eigenvalue weighted by Gasteiger charge is 2.47. The summed E-state index contributed by atoms with van der Waals surface area (Å²) in [4.78, 5) is 4.86. The van der Waals surface area contributed by atoms with Gasteiger partial charge in [0.15, 0.2) is 0 Å². The third kappa shape index (κ3) is 11.1. The monoisotopic (exact) mass is 1530 g/mol. The maximum absolute atomic E-state index is 10.7. The van der Waals surface area contributed by atoms with E-state index in [1.54, 1.807) is 33.4 Å². The minimum Gasteiger partial charge on any atom is -0.310 e. The molecule has 0 spiro atoms. The van der Waals surface area contributed by atoms with Crippen molar-refractivity contribution in [2.24, 2.45) is 0 Å². The van der Waals surface area contributed by atoms with Gasteiger partial charge in [-0.1, -0.05) is 351 Å². The van der Waals surface area contributed by atoms with Crippen LogP contribution in [0.2, 0.25) is 0 Å². The Hall–Kier alpha value is -14.5. The number of para-hydroxylation sites is 3. The molecule has 21 aromatic rings. The highest BCUT2D eigenvalue weighted by atomic mass is 15.2. The molecule has 562 valence electrons. The van der Waals surface area contributed by atoms with Crippen molar-refractivity contribution >= 4 is 144 Å². The first kappa shape index (κ1) is 56.7. The molecule has 0 amide bonds. The van der Waals surface area contributed by atoms with Gasteiger partial charge in [-0.15, -0.1) is 0 Å². The molecule has 0 aliphatic carbocycles. The maximum atomic E-state index is 10.7. The molecular formula is C114H83BN4. The molecule has 0 fully saturated rings. The van der Waals surface area contributed by atoms with Gasteiger partial charge in [0.05, 0.1) is 52.6 Å². The normalized spacial score (nSPS) is 14.4. The molecule has 4 nitrogen and oxygen atoms in total. The SMILES string of the molecule is [2H]c1c([2H])c([2H])c2c(c1[2H])c1c([2H])c([2H])c(-c3ccccc3)c([2H])c1n2-c1ccc2c(c1)N(c1c(-c3ccccc3)cccc1-c1cc3ccccc3c3ccccc13)c1cc(C(C)(C)C)cc3c1B2c1ccc(-n2c4c([2H])c([2H])c([2H])c([2H])c4c4c([2H])c([2H])c(-c5ccccc5)c([2H])c42)cc1N3c1c(-c2ccccc2)cc(C(C)(C)C)cc1-c1cc2ccccc2c2ccccc12. The van der Waals surface area contributed by atoms with E-state index in [0.717, 1.165) is 138 Å². The molecule has 0 unspecified atom stereocenters. The summed E-state index contributed by atoms with van der Waals surface area (Å²) in [5, 5.41) is 8.37. The highest BCUT2D eigenvalue weighted by Crippen LogP contribution is 2.57. The fraction of sp³-hybridized carbons (Fsp3) is 0.0702. The Labute approximate surface area is 713 Å². The van der Waals surface area contributed by atoms with Crippen LogP contribution in [0.1, 0.15) is 71.9 Å². The van der Waals surface area contributed by atoms with E-state index >= 15 is 0 Å². The molecule has 2 aliphatic heterocycles. The topological polar surface area (TPSA) is 16.3 Å². The lowest BCUT2D eigenvalue weighted by molar-refractivity contribution is 0.590. The van der Waals surface area contributed by atoms with Crippen LogP contribution in [-0.4, -0.2) is 15.8 Å². The first-order valence-corrected chi connectivity index (χ1v) is 40.7. The first-order valence-electron chi connectivity index (χ1n) is 47.7. The van der Waals surface area contributed by atoms with Gasteiger partial charge < -0.3 is 18.9 Å². The van der Waals surface area contributed by atoms with Crippen LogP contribution in [0.5, 0.6) is 0 Å². The summed E-state index contributed by atoms with van der Waals surface area (Å²) in [5.74, 6) is 0.